The summed E-state index contributed by atoms with van der Waals surface area (Å²) in [6.07, 6.45) is 6.98. The summed E-state index contributed by atoms with van der Waals surface area (Å²) in [4.78, 5) is 0. The van der Waals surface area contributed by atoms with Gasteiger partial charge in [-0.2, -0.15) is 5.26 Å². The van der Waals surface area contributed by atoms with Crippen LogP contribution in [0.1, 0.15) is 60.8 Å². The Kier molecular flexibility index (Phi) is 4.29. The largest absolute Gasteiger partial charge is 0.508 e. The first-order chi connectivity index (χ1) is 14.0. The number of nitriles is 1. The van der Waals surface area contributed by atoms with Gasteiger partial charge < -0.3 is 10.2 Å². The molecule has 0 heterocycles. The standard InChI is InChI=1S/C26H27NO2/c1-26-11-10-22-21-9-7-20(28)13-18(21)6-8-23(22)24(26)14-19(25(26)29)12-16-2-4-17(15-27)5-3-16/h2-5,7,9,12-13,22-25,28-29H,6,8,10-11,14H2,1H3/b19-12+/t22?,23?,24?,25-,26?/m0/s1. The van der Waals surface area contributed by atoms with Crippen molar-refractivity contribution in [2.45, 2.75) is 51.0 Å². The minimum Gasteiger partial charge on any atom is -0.508 e. The quantitative estimate of drug-likeness (QED) is 0.711. The van der Waals surface area contributed by atoms with Crippen molar-refractivity contribution in [2.24, 2.45) is 17.3 Å². The number of aliphatic hydroxyl groups is 1. The van der Waals surface area contributed by atoms with Crippen molar-refractivity contribution in [2.75, 3.05) is 0 Å². The van der Waals surface area contributed by atoms with E-state index in [4.69, 9.17) is 5.26 Å². The number of hydrogen-bond donors (Lipinski definition) is 2. The summed E-state index contributed by atoms with van der Waals surface area (Å²) in [6.45, 7) is 2.28. The minimum absolute atomic E-state index is 0.0615. The molecule has 0 radical (unpaired) electrons. The molecule has 148 valence electrons. The molecule has 0 bridgehead atoms. The predicted molar refractivity (Wildman–Crippen MR) is 113 cm³/mol. The van der Waals surface area contributed by atoms with Crippen molar-refractivity contribution in [3.63, 3.8) is 0 Å². The van der Waals surface area contributed by atoms with Crippen LogP contribution < -0.4 is 0 Å². The third-order valence-electron chi connectivity index (χ3n) is 7.97. The first-order valence-corrected chi connectivity index (χ1v) is 10.7. The molecule has 5 rings (SSSR count). The number of rotatable bonds is 1. The summed E-state index contributed by atoms with van der Waals surface area (Å²) in [5.41, 5.74) is 5.52. The van der Waals surface area contributed by atoms with Crippen molar-refractivity contribution in [3.05, 3.63) is 70.3 Å². The van der Waals surface area contributed by atoms with E-state index in [1.54, 1.807) is 0 Å². The fraction of sp³-hybridized carbons (Fsp3) is 0.423. The van der Waals surface area contributed by atoms with E-state index < -0.39 is 6.10 Å². The third kappa shape index (κ3) is 2.90. The van der Waals surface area contributed by atoms with Crippen molar-refractivity contribution < 1.29 is 10.2 Å². The third-order valence-corrected chi connectivity index (χ3v) is 7.97. The molecule has 0 aliphatic heterocycles. The zero-order valence-corrected chi connectivity index (χ0v) is 16.8. The molecule has 4 unspecified atom stereocenters. The molecule has 0 spiro atoms. The Bertz CT molecular complexity index is 1020. The lowest BCUT2D eigenvalue weighted by atomic mass is 9.55. The fourth-order valence-corrected chi connectivity index (χ4v) is 6.44. The second kappa shape index (κ2) is 6.75. The van der Waals surface area contributed by atoms with Crippen LogP contribution in [0.25, 0.3) is 6.08 Å². The number of nitrogens with zero attached hydrogens (tertiary/aromatic N) is 1. The molecular formula is C26H27NO2. The van der Waals surface area contributed by atoms with Crippen molar-refractivity contribution in [1.29, 1.82) is 5.26 Å². The van der Waals surface area contributed by atoms with E-state index in [0.29, 0.717) is 29.1 Å². The van der Waals surface area contributed by atoms with Crippen molar-refractivity contribution in [3.8, 4) is 11.8 Å². The van der Waals surface area contributed by atoms with Gasteiger partial charge in [0, 0.05) is 5.41 Å². The molecule has 3 aliphatic rings. The molecule has 2 aromatic rings. The highest BCUT2D eigenvalue weighted by Crippen LogP contribution is 2.62. The molecule has 0 aromatic heterocycles. The normalized spacial score (nSPS) is 34.2. The fourth-order valence-electron chi connectivity index (χ4n) is 6.44. The lowest BCUT2D eigenvalue weighted by molar-refractivity contribution is -0.0158. The van der Waals surface area contributed by atoms with Crippen LogP contribution in [-0.4, -0.2) is 16.3 Å². The van der Waals surface area contributed by atoms with Gasteiger partial charge in [0.25, 0.3) is 0 Å². The van der Waals surface area contributed by atoms with Crippen LogP contribution >= 0.6 is 0 Å². The Morgan fingerprint density at radius 1 is 1.14 bits per heavy atom. The Balaban J connectivity index is 1.46. The van der Waals surface area contributed by atoms with Gasteiger partial charge in [0.2, 0.25) is 0 Å². The van der Waals surface area contributed by atoms with Crippen molar-refractivity contribution >= 4 is 6.08 Å². The molecule has 0 saturated heterocycles. The first kappa shape index (κ1) is 18.5. The molecule has 5 atom stereocenters. The zero-order chi connectivity index (χ0) is 20.2. The monoisotopic (exact) mass is 385 g/mol. The molecule has 0 amide bonds. The number of hydrogen-bond acceptors (Lipinski definition) is 3. The van der Waals surface area contributed by atoms with Crippen LogP contribution in [0.2, 0.25) is 0 Å². The molecule has 2 fully saturated rings. The maximum atomic E-state index is 11.3. The second-order valence-corrected chi connectivity index (χ2v) is 9.40. The Morgan fingerprint density at radius 2 is 1.93 bits per heavy atom. The van der Waals surface area contributed by atoms with Crippen LogP contribution in [0.4, 0.5) is 0 Å². The van der Waals surface area contributed by atoms with E-state index in [1.807, 2.05) is 36.4 Å². The highest BCUT2D eigenvalue weighted by Gasteiger charge is 2.56. The molecule has 3 nitrogen and oxygen atoms in total. The van der Waals surface area contributed by atoms with Crippen LogP contribution in [0, 0.1) is 28.6 Å². The SMILES string of the molecule is CC12CCC3c4ccc(O)cc4CCC3C1C/C(=C\c1ccc(C#N)cc1)[C@@H]2O. The molecular weight excluding hydrogens is 358 g/mol. The van der Waals surface area contributed by atoms with Gasteiger partial charge in [-0.15, -0.1) is 0 Å². The van der Waals surface area contributed by atoms with Crippen LogP contribution in [0.5, 0.6) is 5.75 Å². The maximum absolute atomic E-state index is 11.3. The van der Waals surface area contributed by atoms with Gasteiger partial charge in [-0.3, -0.25) is 0 Å². The van der Waals surface area contributed by atoms with E-state index in [2.05, 4.69) is 25.1 Å². The molecule has 2 N–H and O–H groups in total. The van der Waals surface area contributed by atoms with Crippen LogP contribution in [-0.2, 0) is 6.42 Å². The summed E-state index contributed by atoms with van der Waals surface area (Å²) >= 11 is 0. The highest BCUT2D eigenvalue weighted by atomic mass is 16.3. The Hall–Kier alpha value is -2.57. The smallest absolute Gasteiger partial charge is 0.115 e. The van der Waals surface area contributed by atoms with E-state index in [-0.39, 0.29) is 5.41 Å². The lowest BCUT2D eigenvalue weighted by Crippen LogP contribution is -2.44. The van der Waals surface area contributed by atoms with Gasteiger partial charge in [-0.1, -0.05) is 31.2 Å². The van der Waals surface area contributed by atoms with Crippen LogP contribution in [0.15, 0.2) is 48.0 Å². The average molecular weight is 386 g/mol. The number of phenols is 1. The van der Waals surface area contributed by atoms with E-state index in [9.17, 15) is 10.2 Å². The summed E-state index contributed by atoms with van der Waals surface area (Å²) in [6, 6.07) is 15.7. The molecule has 2 aromatic carbocycles. The predicted octanol–water partition coefficient (Wildman–Crippen LogP) is 5.17. The summed E-state index contributed by atoms with van der Waals surface area (Å²) < 4.78 is 0. The topological polar surface area (TPSA) is 64.2 Å². The van der Waals surface area contributed by atoms with Gasteiger partial charge in [-0.25, -0.2) is 0 Å². The number of fused-ring (bicyclic) bond motifs is 5. The molecule has 2 saturated carbocycles. The highest BCUT2D eigenvalue weighted by molar-refractivity contribution is 5.57. The number of aliphatic hydroxyl groups excluding tert-OH is 1. The molecule has 3 heteroatoms. The van der Waals surface area contributed by atoms with E-state index >= 15 is 0 Å². The Morgan fingerprint density at radius 3 is 2.69 bits per heavy atom. The minimum atomic E-state index is -0.398. The van der Waals surface area contributed by atoms with E-state index in [0.717, 1.165) is 43.2 Å². The number of phenolic OH excluding ortho intramolecular Hbond substituents is 1. The second-order valence-electron chi connectivity index (χ2n) is 9.40. The van der Waals surface area contributed by atoms with Gasteiger partial charge in [0.05, 0.1) is 17.7 Å². The van der Waals surface area contributed by atoms with E-state index in [1.165, 1.54) is 11.1 Å². The van der Waals surface area contributed by atoms with Crippen molar-refractivity contribution in [1.82, 2.24) is 0 Å². The number of benzene rings is 2. The summed E-state index contributed by atoms with van der Waals surface area (Å²) in [5, 5.41) is 30.1. The summed E-state index contributed by atoms with van der Waals surface area (Å²) in [5.74, 6) is 1.99. The first-order valence-electron chi connectivity index (χ1n) is 10.7. The zero-order valence-electron chi connectivity index (χ0n) is 16.8. The maximum Gasteiger partial charge on any atom is 0.115 e. The Labute approximate surface area is 172 Å². The van der Waals surface area contributed by atoms with Gasteiger partial charge in [0.1, 0.15) is 5.75 Å². The molecule has 3 aliphatic carbocycles. The molecule has 29 heavy (non-hydrogen) atoms. The number of aromatic hydroxyl groups is 1. The number of aryl methyl sites for hydroxylation is 1. The lowest BCUT2D eigenvalue weighted by Gasteiger charge is -2.49. The van der Waals surface area contributed by atoms with Gasteiger partial charge in [0.15, 0.2) is 0 Å². The van der Waals surface area contributed by atoms with Gasteiger partial charge >= 0.3 is 0 Å². The van der Waals surface area contributed by atoms with Gasteiger partial charge in [-0.05, 0) is 96.4 Å². The summed E-state index contributed by atoms with van der Waals surface area (Å²) in [7, 11) is 0. The van der Waals surface area contributed by atoms with Crippen LogP contribution in [0.3, 0.4) is 0 Å². The average Bonchev–Trinajstić information content (AvgIpc) is 2.99.